The van der Waals surface area contributed by atoms with E-state index in [-0.39, 0.29) is 12.3 Å². The van der Waals surface area contributed by atoms with Gasteiger partial charge in [-0.15, -0.1) is 6.58 Å². The van der Waals surface area contributed by atoms with Crippen LogP contribution in [0.25, 0.3) is 0 Å². The van der Waals surface area contributed by atoms with Gasteiger partial charge in [-0.1, -0.05) is 19.9 Å². The highest BCUT2D eigenvalue weighted by atomic mass is 19.2. The van der Waals surface area contributed by atoms with Crippen LogP contribution in [0.1, 0.15) is 36.5 Å². The van der Waals surface area contributed by atoms with Crippen molar-refractivity contribution in [3.63, 3.8) is 0 Å². The molecule has 0 fully saturated rings. The molecule has 1 heterocycles. The van der Waals surface area contributed by atoms with Crippen LogP contribution in [-0.2, 0) is 22.6 Å². The van der Waals surface area contributed by atoms with Crippen LogP contribution in [0.2, 0.25) is 0 Å². The van der Waals surface area contributed by atoms with E-state index in [4.69, 9.17) is 4.74 Å². The van der Waals surface area contributed by atoms with Crippen molar-refractivity contribution in [2.45, 2.75) is 32.8 Å². The second-order valence-electron chi connectivity index (χ2n) is 7.25. The lowest BCUT2D eigenvalue weighted by atomic mass is 9.90. The first-order valence-corrected chi connectivity index (χ1v) is 9.20. The molecule has 0 spiro atoms. The molecule has 1 unspecified atom stereocenters. The van der Waals surface area contributed by atoms with Crippen LogP contribution in [0, 0.1) is 29.2 Å². The zero-order chi connectivity index (χ0) is 22.6. The highest BCUT2D eigenvalue weighted by molar-refractivity contribution is 5.78. The summed E-state index contributed by atoms with van der Waals surface area (Å²) in [6.07, 6.45) is 3.65. The van der Waals surface area contributed by atoms with Crippen LogP contribution in [0.15, 0.2) is 25.0 Å². The fraction of sp³-hybridized carbons (Fsp3) is 0.381. The molecule has 1 aromatic carbocycles. The van der Waals surface area contributed by atoms with Gasteiger partial charge in [0.1, 0.15) is 6.61 Å². The molecule has 0 radical (unpaired) electrons. The summed E-state index contributed by atoms with van der Waals surface area (Å²) in [4.78, 5) is 22.6. The summed E-state index contributed by atoms with van der Waals surface area (Å²) in [6.45, 7) is 5.83. The molecule has 9 heteroatoms. The summed E-state index contributed by atoms with van der Waals surface area (Å²) < 4.78 is 61.7. The Morgan fingerprint density at radius 2 is 1.57 bits per heavy atom. The van der Waals surface area contributed by atoms with Gasteiger partial charge in [0.05, 0.1) is 11.5 Å². The topological polar surface area (TPSA) is 55.3 Å². The van der Waals surface area contributed by atoms with Gasteiger partial charge in [-0.3, -0.25) is 4.79 Å². The van der Waals surface area contributed by atoms with Gasteiger partial charge in [0.15, 0.2) is 23.3 Å². The van der Waals surface area contributed by atoms with E-state index in [1.54, 1.807) is 32.8 Å². The molecule has 1 aromatic heterocycles. The van der Waals surface area contributed by atoms with Crippen LogP contribution >= 0.6 is 0 Å². The number of halogens is 4. The second kappa shape index (κ2) is 9.69. The lowest BCUT2D eigenvalue weighted by Gasteiger charge is -2.20. The molecule has 0 aliphatic carbocycles. The zero-order valence-corrected chi connectivity index (χ0v) is 17.2. The average Bonchev–Trinajstić information content (AvgIpc) is 2.70. The SMILES string of the molecule is C=CCc1c(F)c(F)c(COC(=O)C(c2cnc(N(C)C)nc2)C(C)C)c(F)c1F. The molecule has 0 aliphatic rings. The summed E-state index contributed by atoms with van der Waals surface area (Å²) >= 11 is 0. The molecular weight excluding hydrogens is 402 g/mol. The van der Waals surface area contributed by atoms with E-state index in [1.165, 1.54) is 12.4 Å². The Morgan fingerprint density at radius 1 is 1.07 bits per heavy atom. The van der Waals surface area contributed by atoms with Gasteiger partial charge in [-0.05, 0) is 12.3 Å². The maximum absolute atomic E-state index is 14.2. The number of allylic oxidation sites excluding steroid dienone is 1. The Labute approximate surface area is 172 Å². The average molecular weight is 425 g/mol. The first-order chi connectivity index (χ1) is 14.1. The quantitative estimate of drug-likeness (QED) is 0.273. The number of benzene rings is 1. The number of hydrogen-bond donors (Lipinski definition) is 0. The first kappa shape index (κ1) is 23.3. The van der Waals surface area contributed by atoms with Crippen molar-refractivity contribution in [2.24, 2.45) is 5.92 Å². The third-order valence-corrected chi connectivity index (χ3v) is 4.49. The Balaban J connectivity index is 2.27. The molecule has 0 saturated heterocycles. The third-order valence-electron chi connectivity index (χ3n) is 4.49. The largest absolute Gasteiger partial charge is 0.460 e. The Kier molecular flexibility index (Phi) is 7.53. The van der Waals surface area contributed by atoms with Crippen LogP contribution in [0.4, 0.5) is 23.5 Å². The minimum atomic E-state index is -1.60. The normalized spacial score (nSPS) is 12.0. The van der Waals surface area contributed by atoms with Crippen molar-refractivity contribution in [2.75, 3.05) is 19.0 Å². The predicted molar refractivity (Wildman–Crippen MR) is 104 cm³/mol. The number of carbonyl (C=O) groups is 1. The van der Waals surface area contributed by atoms with Gasteiger partial charge in [0.25, 0.3) is 0 Å². The van der Waals surface area contributed by atoms with Gasteiger partial charge < -0.3 is 9.64 Å². The van der Waals surface area contributed by atoms with Crippen molar-refractivity contribution in [3.8, 4) is 0 Å². The van der Waals surface area contributed by atoms with Gasteiger partial charge in [-0.25, -0.2) is 27.5 Å². The lowest BCUT2D eigenvalue weighted by molar-refractivity contribution is -0.148. The highest BCUT2D eigenvalue weighted by Gasteiger charge is 2.29. The number of aromatic nitrogens is 2. The minimum Gasteiger partial charge on any atom is -0.460 e. The molecule has 162 valence electrons. The van der Waals surface area contributed by atoms with E-state index >= 15 is 0 Å². The number of rotatable bonds is 8. The van der Waals surface area contributed by atoms with E-state index in [9.17, 15) is 22.4 Å². The molecule has 1 atom stereocenters. The molecule has 0 N–H and O–H groups in total. The van der Waals surface area contributed by atoms with E-state index in [1.807, 2.05) is 0 Å². The number of esters is 1. The van der Waals surface area contributed by atoms with Gasteiger partial charge in [0.2, 0.25) is 5.95 Å². The molecule has 2 aromatic rings. The van der Waals surface area contributed by atoms with E-state index in [2.05, 4.69) is 16.5 Å². The van der Waals surface area contributed by atoms with E-state index in [0.29, 0.717) is 11.5 Å². The second-order valence-corrected chi connectivity index (χ2v) is 7.25. The fourth-order valence-electron chi connectivity index (χ4n) is 2.92. The molecule has 0 amide bonds. The Hall–Kier alpha value is -2.97. The number of hydrogen-bond acceptors (Lipinski definition) is 5. The summed E-state index contributed by atoms with van der Waals surface area (Å²) in [5.74, 6) is -7.74. The lowest BCUT2D eigenvalue weighted by Crippen LogP contribution is -2.22. The van der Waals surface area contributed by atoms with Crippen molar-refractivity contribution >= 4 is 11.9 Å². The Bertz CT molecular complexity index is 902. The van der Waals surface area contributed by atoms with Crippen molar-refractivity contribution < 1.29 is 27.1 Å². The zero-order valence-electron chi connectivity index (χ0n) is 17.2. The molecule has 0 saturated carbocycles. The summed E-state index contributed by atoms with van der Waals surface area (Å²) in [5.41, 5.74) is -1.32. The standard InChI is InChI=1S/C21H23F4N3O2/c1-6-7-13-16(22)18(24)14(19(25)17(13)23)10-30-20(29)15(11(2)3)12-8-26-21(27-9-12)28(4)5/h6,8-9,11,15H,1,7,10H2,2-5H3. The van der Waals surface area contributed by atoms with Crippen LogP contribution in [0.5, 0.6) is 0 Å². The van der Waals surface area contributed by atoms with Gasteiger partial charge in [0, 0.05) is 37.6 Å². The van der Waals surface area contributed by atoms with E-state index in [0.717, 1.165) is 6.08 Å². The monoisotopic (exact) mass is 425 g/mol. The first-order valence-electron chi connectivity index (χ1n) is 9.20. The number of ether oxygens (including phenoxy) is 1. The molecule has 5 nitrogen and oxygen atoms in total. The van der Waals surface area contributed by atoms with Crippen molar-refractivity contribution in [1.29, 1.82) is 0 Å². The van der Waals surface area contributed by atoms with Crippen molar-refractivity contribution in [3.05, 3.63) is 65.0 Å². The van der Waals surface area contributed by atoms with Gasteiger partial charge in [-0.2, -0.15) is 0 Å². The predicted octanol–water partition coefficient (Wildman–Crippen LogP) is 4.31. The van der Waals surface area contributed by atoms with Crippen LogP contribution in [-0.4, -0.2) is 30.0 Å². The van der Waals surface area contributed by atoms with Crippen LogP contribution < -0.4 is 4.90 Å². The summed E-state index contributed by atoms with van der Waals surface area (Å²) in [7, 11) is 3.51. The number of anilines is 1. The molecule has 0 bridgehead atoms. The smallest absolute Gasteiger partial charge is 0.314 e. The van der Waals surface area contributed by atoms with Gasteiger partial charge >= 0.3 is 5.97 Å². The highest BCUT2D eigenvalue weighted by Crippen LogP contribution is 2.28. The van der Waals surface area contributed by atoms with E-state index < -0.39 is 52.9 Å². The summed E-state index contributed by atoms with van der Waals surface area (Å²) in [6, 6.07) is 0. The maximum Gasteiger partial charge on any atom is 0.314 e. The Morgan fingerprint density at radius 3 is 2.00 bits per heavy atom. The number of carbonyl (C=O) groups excluding carboxylic acids is 1. The van der Waals surface area contributed by atoms with Crippen LogP contribution in [0.3, 0.4) is 0 Å². The molecule has 0 aliphatic heterocycles. The molecule has 2 rings (SSSR count). The molecular formula is C21H23F4N3O2. The minimum absolute atomic E-state index is 0.260. The maximum atomic E-state index is 14.2. The number of nitrogens with zero attached hydrogens (tertiary/aromatic N) is 3. The third kappa shape index (κ3) is 4.77. The fourth-order valence-corrected chi connectivity index (χ4v) is 2.92. The van der Waals surface area contributed by atoms with Crippen molar-refractivity contribution in [1.82, 2.24) is 9.97 Å². The molecule has 30 heavy (non-hydrogen) atoms. The summed E-state index contributed by atoms with van der Waals surface area (Å²) in [5, 5.41) is 0.